The van der Waals surface area contributed by atoms with Crippen molar-refractivity contribution >= 4 is 47.6 Å². The van der Waals surface area contributed by atoms with Gasteiger partial charge in [-0.25, -0.2) is 0 Å². The van der Waals surface area contributed by atoms with E-state index in [2.05, 4.69) is 30.6 Å². The maximum absolute atomic E-state index is 11.6. The SMILES string of the molecule is C/N=C/c1cncc(COc2cc(OCc3cccc(-c4cccc(COc5cc(OCc6cncc(/C=N/C)c6)c(CN[C@H](CO)C(=O)O)cc5Cl)c4C)c3C)c(Cl)cc2CN[C@@H](CO)C(=O)O)c1. The van der Waals surface area contributed by atoms with Gasteiger partial charge >= 0.3 is 11.9 Å². The molecule has 6 rings (SSSR count). The number of aliphatic hydroxyl groups is 2. The van der Waals surface area contributed by atoms with Gasteiger partial charge in [-0.2, -0.15) is 0 Å². The van der Waals surface area contributed by atoms with Gasteiger partial charge in [0.2, 0.25) is 0 Å². The fourth-order valence-electron chi connectivity index (χ4n) is 7.35. The second-order valence-electron chi connectivity index (χ2n) is 16.1. The number of aromatic nitrogens is 2. The van der Waals surface area contributed by atoms with Crippen LogP contribution in [0.4, 0.5) is 0 Å². The van der Waals surface area contributed by atoms with E-state index in [0.717, 1.165) is 55.6 Å². The van der Waals surface area contributed by atoms with Crippen molar-refractivity contribution < 1.29 is 49.0 Å². The molecule has 0 spiro atoms. The first-order valence-electron chi connectivity index (χ1n) is 22.0. The summed E-state index contributed by atoms with van der Waals surface area (Å²) in [6.45, 7) is 3.50. The van der Waals surface area contributed by atoms with Crippen LogP contribution in [0.2, 0.25) is 10.0 Å². The minimum Gasteiger partial charge on any atom is -0.488 e. The number of benzene rings is 4. The molecule has 2 atom stereocenters. The number of ether oxygens (including phenoxy) is 4. The van der Waals surface area contributed by atoms with E-state index in [1.165, 1.54) is 0 Å². The van der Waals surface area contributed by atoms with Crippen molar-refractivity contribution in [3.8, 4) is 34.1 Å². The van der Waals surface area contributed by atoms with E-state index in [4.69, 9.17) is 42.1 Å². The molecule has 0 aliphatic rings. The molecule has 0 saturated heterocycles. The summed E-state index contributed by atoms with van der Waals surface area (Å²) < 4.78 is 25.2. The smallest absolute Gasteiger partial charge is 0.323 e. The molecule has 0 unspecified atom stereocenters. The Morgan fingerprint density at radius 3 is 1.36 bits per heavy atom. The van der Waals surface area contributed by atoms with Crippen LogP contribution in [0.3, 0.4) is 0 Å². The summed E-state index contributed by atoms with van der Waals surface area (Å²) in [6.07, 6.45) is 10.1. The van der Waals surface area contributed by atoms with E-state index in [0.29, 0.717) is 34.1 Å². The van der Waals surface area contributed by atoms with E-state index >= 15 is 0 Å². The van der Waals surface area contributed by atoms with Crippen molar-refractivity contribution in [3.05, 3.63) is 163 Å². The van der Waals surface area contributed by atoms with Crippen molar-refractivity contribution in [3.63, 3.8) is 0 Å². The van der Waals surface area contributed by atoms with E-state index < -0.39 is 37.2 Å². The molecular weight excluding hydrogens is 940 g/mol. The minimum atomic E-state index is -1.20. The molecule has 6 N–H and O–H groups in total. The summed E-state index contributed by atoms with van der Waals surface area (Å²) in [6, 6.07) is 20.0. The Labute approximate surface area is 415 Å². The van der Waals surface area contributed by atoms with Gasteiger partial charge in [0, 0.05) is 110 Å². The normalized spacial score (nSPS) is 12.3. The van der Waals surface area contributed by atoms with Crippen molar-refractivity contribution in [1.82, 2.24) is 20.6 Å². The van der Waals surface area contributed by atoms with Crippen molar-refractivity contribution in [2.45, 2.75) is 65.4 Å². The number of aliphatic hydroxyl groups excluding tert-OH is 2. The van der Waals surface area contributed by atoms with Crippen LogP contribution in [-0.4, -0.2) is 94.2 Å². The third kappa shape index (κ3) is 14.1. The third-order valence-corrected chi connectivity index (χ3v) is 11.8. The summed E-state index contributed by atoms with van der Waals surface area (Å²) in [4.78, 5) is 39.9. The number of halogens is 2. The number of carbonyl (C=O) groups is 2. The monoisotopic (exact) mass is 992 g/mol. The Bertz CT molecular complexity index is 2650. The molecule has 4 aromatic carbocycles. The molecule has 2 aromatic heterocycles. The zero-order chi connectivity index (χ0) is 50.2. The maximum atomic E-state index is 11.6. The van der Waals surface area contributed by atoms with Crippen molar-refractivity contribution in [2.75, 3.05) is 27.3 Å². The number of hydrogen-bond acceptors (Lipinski definition) is 14. The number of aliphatic imine (C=N–C) groups is 2. The molecule has 6 aromatic rings. The number of nitrogens with one attached hydrogen (secondary N) is 2. The zero-order valence-electron chi connectivity index (χ0n) is 39.0. The molecule has 18 heteroatoms. The van der Waals surface area contributed by atoms with Gasteiger partial charge in [-0.1, -0.05) is 59.6 Å². The Hall–Kier alpha value is -6.92. The first kappa shape index (κ1) is 52.5. The molecule has 0 saturated carbocycles. The summed E-state index contributed by atoms with van der Waals surface area (Å²) in [5, 5.41) is 44.4. The largest absolute Gasteiger partial charge is 0.488 e. The molecule has 0 bridgehead atoms. The predicted molar refractivity (Wildman–Crippen MR) is 268 cm³/mol. The number of carboxylic acid groups (broad SMARTS) is 2. The van der Waals surface area contributed by atoms with Crippen molar-refractivity contribution in [1.29, 1.82) is 0 Å². The van der Waals surface area contributed by atoms with E-state index in [1.807, 2.05) is 62.4 Å². The maximum Gasteiger partial charge on any atom is 0.323 e. The molecule has 0 aliphatic heterocycles. The molecule has 16 nitrogen and oxygen atoms in total. The quantitative estimate of drug-likeness (QED) is 0.0305. The van der Waals surface area contributed by atoms with Gasteiger partial charge in [-0.15, -0.1) is 0 Å². The molecule has 0 fully saturated rings. The number of rotatable bonds is 25. The lowest BCUT2D eigenvalue weighted by atomic mass is 9.92. The second-order valence-corrected chi connectivity index (χ2v) is 16.9. The molecule has 2 heterocycles. The third-order valence-electron chi connectivity index (χ3n) is 11.2. The number of nitrogens with zero attached hydrogens (tertiary/aromatic N) is 4. The average molecular weight is 994 g/mol. The number of hydrogen-bond donors (Lipinski definition) is 6. The fourth-order valence-corrected chi connectivity index (χ4v) is 7.83. The summed E-state index contributed by atoms with van der Waals surface area (Å²) in [7, 11) is 3.34. The van der Waals surface area contributed by atoms with Gasteiger partial charge in [-0.3, -0.25) is 40.2 Å². The lowest BCUT2D eigenvalue weighted by molar-refractivity contribution is -0.141. The Morgan fingerprint density at radius 1 is 0.586 bits per heavy atom. The highest BCUT2D eigenvalue weighted by Crippen LogP contribution is 2.37. The standard InChI is InChI=1S/C52H54Cl2N6O10/c1-31-37(29-69-49-15-47(67-27-35-11-33(17-55-3)19-57-21-35)39(13-43(49)53)23-59-45(25-61)51(63)64)7-5-9-41(31)42-10-6-8-38(32(42)2)30-70-50-16-48(68-28-36-12-34(18-56-4)20-58-22-36)40(14-44(50)54)24-60-46(26-62)52(65)66/h5-22,45-46,59-62H,23-30H2,1-4H3,(H,63,64)(H,65,66)/b55-17+,56-18+/t45-,46+. The van der Waals surface area contributed by atoms with Crippen LogP contribution in [0.15, 0.2) is 108 Å². The van der Waals surface area contributed by atoms with Crippen LogP contribution in [0, 0.1) is 13.8 Å². The van der Waals surface area contributed by atoms with Crippen LogP contribution < -0.4 is 29.6 Å². The summed E-state index contributed by atoms with van der Waals surface area (Å²) in [5.74, 6) is -0.901. The van der Waals surface area contributed by atoms with Crippen LogP contribution in [0.25, 0.3) is 11.1 Å². The second kappa shape index (κ2) is 25.6. The first-order chi connectivity index (χ1) is 33.8. The minimum absolute atomic E-state index is 0.0385. The van der Waals surface area contributed by atoms with Gasteiger partial charge < -0.3 is 39.4 Å². The Kier molecular flexibility index (Phi) is 19.2. The van der Waals surface area contributed by atoms with Gasteiger partial charge in [0.15, 0.2) is 0 Å². The Balaban J connectivity index is 1.21. The van der Waals surface area contributed by atoms with Crippen LogP contribution >= 0.6 is 23.2 Å². The number of aliphatic carboxylic acids is 2. The van der Waals surface area contributed by atoms with Gasteiger partial charge in [-0.05, 0) is 71.5 Å². The Morgan fingerprint density at radius 2 is 0.986 bits per heavy atom. The number of pyridine rings is 2. The van der Waals surface area contributed by atoms with Crippen LogP contribution in [-0.2, 0) is 49.1 Å². The summed E-state index contributed by atoms with van der Waals surface area (Å²) >= 11 is 13.6. The van der Waals surface area contributed by atoms with Gasteiger partial charge in [0.1, 0.15) is 61.5 Å². The average Bonchev–Trinajstić information content (AvgIpc) is 3.34. The van der Waals surface area contributed by atoms with Gasteiger partial charge in [0.25, 0.3) is 0 Å². The zero-order valence-corrected chi connectivity index (χ0v) is 40.5. The molecule has 0 radical (unpaired) electrons. The predicted octanol–water partition coefficient (Wildman–Crippen LogP) is 7.55. The highest BCUT2D eigenvalue weighted by Gasteiger charge is 2.21. The highest BCUT2D eigenvalue weighted by atomic mass is 35.5. The molecule has 0 amide bonds. The van der Waals surface area contributed by atoms with E-state index in [9.17, 15) is 30.0 Å². The van der Waals surface area contributed by atoms with Gasteiger partial charge in [0.05, 0.1) is 23.3 Å². The van der Waals surface area contributed by atoms with Crippen LogP contribution in [0.5, 0.6) is 23.0 Å². The topological polar surface area (TPSA) is 227 Å². The lowest BCUT2D eigenvalue weighted by Crippen LogP contribution is -2.39. The van der Waals surface area contributed by atoms with Crippen molar-refractivity contribution in [2.24, 2.45) is 9.98 Å². The highest BCUT2D eigenvalue weighted by molar-refractivity contribution is 6.32. The number of carboxylic acids is 2. The van der Waals surface area contributed by atoms with Crippen LogP contribution in [0.1, 0.15) is 55.6 Å². The molecule has 0 aliphatic carbocycles. The molecular formula is C52H54Cl2N6O10. The fraction of sp³-hybridized carbons (Fsp3) is 0.269. The van der Waals surface area contributed by atoms with E-state index in [1.54, 1.807) is 75.6 Å². The molecule has 70 heavy (non-hydrogen) atoms. The first-order valence-corrected chi connectivity index (χ1v) is 22.8. The summed E-state index contributed by atoms with van der Waals surface area (Å²) in [5.41, 5.74) is 10.0. The molecule has 366 valence electrons. The van der Waals surface area contributed by atoms with E-state index in [-0.39, 0.29) is 49.6 Å². The lowest BCUT2D eigenvalue weighted by Gasteiger charge is -2.19.